The molecule has 0 saturated heterocycles. The first-order chi connectivity index (χ1) is 12.2. The minimum atomic E-state index is 0.536. The van der Waals surface area contributed by atoms with E-state index in [9.17, 15) is 0 Å². The normalized spacial score (nSPS) is 10.8. The van der Waals surface area contributed by atoms with Crippen molar-refractivity contribution in [1.82, 2.24) is 0 Å². The van der Waals surface area contributed by atoms with Gasteiger partial charge in [-0.15, -0.1) is 0 Å². The van der Waals surface area contributed by atoms with E-state index in [0.29, 0.717) is 6.61 Å². The topological polar surface area (TPSA) is 16.4 Å². The van der Waals surface area contributed by atoms with Gasteiger partial charge in [0, 0.05) is 42.7 Å². The van der Waals surface area contributed by atoms with Crippen LogP contribution in [-0.4, -0.2) is 14.1 Å². The van der Waals surface area contributed by atoms with Crippen molar-refractivity contribution in [1.29, 1.82) is 0 Å². The van der Waals surface area contributed by atoms with Crippen molar-refractivity contribution in [2.75, 3.05) is 19.0 Å². The number of hydrogen-bond acceptors (Lipinski definition) is 2. The Morgan fingerprint density at radius 1 is 0.840 bits per heavy atom. The molecule has 2 aromatic carbocycles. The number of nitrogens with zero attached hydrogens (tertiary/aromatic N) is 2. The molecule has 1 aromatic heterocycles. The third-order valence-electron chi connectivity index (χ3n) is 3.92. The quantitative estimate of drug-likeness (QED) is 0.638. The predicted octanol–water partition coefficient (Wildman–Crippen LogP) is 3.84. The number of anilines is 1. The first kappa shape index (κ1) is 16.8. The fraction of sp³-hybridized carbons (Fsp3) is 0.136. The van der Waals surface area contributed by atoms with Crippen LogP contribution in [0.25, 0.3) is 12.2 Å². The SMILES string of the molecule is CN(C)c1ccc(C=Cc2cccc[n+]2OCc2ccccc2)cc1. The Kier molecular flexibility index (Phi) is 5.47. The van der Waals surface area contributed by atoms with Crippen LogP contribution >= 0.6 is 0 Å². The second-order valence-corrected chi connectivity index (χ2v) is 6.03. The molecular weight excluding hydrogens is 308 g/mol. The summed E-state index contributed by atoms with van der Waals surface area (Å²) in [5.41, 5.74) is 4.49. The fourth-order valence-corrected chi connectivity index (χ4v) is 2.47. The van der Waals surface area contributed by atoms with Gasteiger partial charge in [-0.3, -0.25) is 4.84 Å². The van der Waals surface area contributed by atoms with Gasteiger partial charge in [0.2, 0.25) is 6.20 Å². The van der Waals surface area contributed by atoms with Gasteiger partial charge in [0.25, 0.3) is 5.69 Å². The van der Waals surface area contributed by atoms with Gasteiger partial charge in [-0.1, -0.05) is 42.5 Å². The van der Waals surface area contributed by atoms with Crippen molar-refractivity contribution in [2.24, 2.45) is 0 Å². The third kappa shape index (κ3) is 4.70. The van der Waals surface area contributed by atoms with Crippen LogP contribution in [0.15, 0.2) is 79.0 Å². The van der Waals surface area contributed by atoms with Crippen molar-refractivity contribution in [2.45, 2.75) is 6.61 Å². The van der Waals surface area contributed by atoms with Crippen molar-refractivity contribution in [3.63, 3.8) is 0 Å². The van der Waals surface area contributed by atoms with Crippen LogP contribution in [0.5, 0.6) is 0 Å². The predicted molar refractivity (Wildman–Crippen MR) is 103 cm³/mol. The van der Waals surface area contributed by atoms with E-state index in [1.807, 2.05) is 56.7 Å². The minimum absolute atomic E-state index is 0.536. The van der Waals surface area contributed by atoms with E-state index in [-0.39, 0.29) is 0 Å². The molecule has 0 spiro atoms. The van der Waals surface area contributed by atoms with Crippen LogP contribution < -0.4 is 14.5 Å². The highest BCUT2D eigenvalue weighted by Gasteiger charge is 2.08. The molecule has 1 heterocycles. The van der Waals surface area contributed by atoms with Crippen LogP contribution in [0, 0.1) is 0 Å². The molecule has 3 heteroatoms. The third-order valence-corrected chi connectivity index (χ3v) is 3.92. The number of aromatic nitrogens is 1. The molecule has 0 bridgehead atoms. The number of hydrogen-bond donors (Lipinski definition) is 0. The molecule has 0 fully saturated rings. The smallest absolute Gasteiger partial charge is 0.257 e. The van der Waals surface area contributed by atoms with Gasteiger partial charge in [-0.05, 0) is 35.4 Å². The monoisotopic (exact) mass is 331 g/mol. The van der Waals surface area contributed by atoms with Crippen LogP contribution in [-0.2, 0) is 6.61 Å². The lowest BCUT2D eigenvalue weighted by atomic mass is 10.1. The molecule has 0 aliphatic heterocycles. The van der Waals surface area contributed by atoms with Crippen LogP contribution in [0.4, 0.5) is 5.69 Å². The summed E-state index contributed by atoms with van der Waals surface area (Å²) in [6.45, 7) is 0.536. The molecule has 0 N–H and O–H groups in total. The van der Waals surface area contributed by atoms with Gasteiger partial charge in [0.05, 0.1) is 0 Å². The van der Waals surface area contributed by atoms with Crippen molar-refractivity contribution < 1.29 is 9.57 Å². The van der Waals surface area contributed by atoms with E-state index >= 15 is 0 Å². The Bertz CT molecular complexity index is 824. The maximum Gasteiger partial charge on any atom is 0.257 e. The first-order valence-corrected chi connectivity index (χ1v) is 8.36. The molecule has 0 aliphatic rings. The lowest BCUT2D eigenvalue weighted by Crippen LogP contribution is -2.44. The Balaban J connectivity index is 1.72. The highest BCUT2D eigenvalue weighted by molar-refractivity contribution is 5.68. The molecule has 0 saturated carbocycles. The Hall–Kier alpha value is -3.07. The van der Waals surface area contributed by atoms with E-state index in [1.54, 1.807) is 4.73 Å². The van der Waals surface area contributed by atoms with Gasteiger partial charge in [-0.2, -0.15) is 0 Å². The lowest BCUT2D eigenvalue weighted by molar-refractivity contribution is -0.896. The van der Waals surface area contributed by atoms with Crippen LogP contribution in [0.3, 0.4) is 0 Å². The van der Waals surface area contributed by atoms with E-state index < -0.39 is 0 Å². The summed E-state index contributed by atoms with van der Waals surface area (Å²) in [5.74, 6) is 0. The molecule has 0 atom stereocenters. The molecule has 3 aromatic rings. The number of pyridine rings is 1. The standard InChI is InChI=1S/C22H23N2O/c1-23(2)21-14-11-19(12-15-21)13-16-22-10-6-7-17-24(22)25-18-20-8-4-3-5-9-20/h3-17H,18H2,1-2H3/q+1. The van der Waals surface area contributed by atoms with Crippen LogP contribution in [0.2, 0.25) is 0 Å². The summed E-state index contributed by atoms with van der Waals surface area (Å²) in [4.78, 5) is 8.01. The molecule has 25 heavy (non-hydrogen) atoms. The molecule has 0 aliphatic carbocycles. The highest BCUT2D eigenvalue weighted by Crippen LogP contribution is 2.14. The zero-order valence-corrected chi connectivity index (χ0v) is 14.7. The first-order valence-electron chi connectivity index (χ1n) is 8.36. The van der Waals surface area contributed by atoms with E-state index in [2.05, 4.69) is 53.5 Å². The van der Waals surface area contributed by atoms with Gasteiger partial charge >= 0.3 is 0 Å². The average molecular weight is 331 g/mol. The average Bonchev–Trinajstić information content (AvgIpc) is 2.66. The lowest BCUT2D eigenvalue weighted by Gasteiger charge is -2.11. The molecule has 3 nitrogen and oxygen atoms in total. The summed E-state index contributed by atoms with van der Waals surface area (Å²) in [5, 5.41) is 0. The Morgan fingerprint density at radius 3 is 2.28 bits per heavy atom. The number of benzene rings is 2. The highest BCUT2D eigenvalue weighted by atomic mass is 16.7. The summed E-state index contributed by atoms with van der Waals surface area (Å²) in [7, 11) is 4.09. The molecule has 0 radical (unpaired) electrons. The number of rotatable bonds is 6. The van der Waals surface area contributed by atoms with Gasteiger partial charge < -0.3 is 4.90 Å². The molecular formula is C22H23N2O+. The summed E-state index contributed by atoms with van der Waals surface area (Å²) < 4.78 is 1.80. The van der Waals surface area contributed by atoms with Gasteiger partial charge in [0.15, 0.2) is 6.61 Å². The van der Waals surface area contributed by atoms with Gasteiger partial charge in [-0.25, -0.2) is 0 Å². The summed E-state index contributed by atoms with van der Waals surface area (Å²) in [6.07, 6.45) is 6.09. The summed E-state index contributed by atoms with van der Waals surface area (Å²) >= 11 is 0. The van der Waals surface area contributed by atoms with E-state index in [1.165, 1.54) is 5.69 Å². The molecule has 126 valence electrons. The van der Waals surface area contributed by atoms with E-state index in [4.69, 9.17) is 4.84 Å². The van der Waals surface area contributed by atoms with E-state index in [0.717, 1.165) is 16.8 Å². The van der Waals surface area contributed by atoms with Crippen molar-refractivity contribution in [3.05, 3.63) is 95.8 Å². The van der Waals surface area contributed by atoms with Crippen molar-refractivity contribution >= 4 is 17.8 Å². The Morgan fingerprint density at radius 2 is 1.56 bits per heavy atom. The molecule has 3 rings (SSSR count). The zero-order chi connectivity index (χ0) is 17.5. The van der Waals surface area contributed by atoms with Crippen molar-refractivity contribution in [3.8, 4) is 0 Å². The molecule has 0 unspecified atom stereocenters. The molecule has 0 amide bonds. The zero-order valence-electron chi connectivity index (χ0n) is 14.7. The largest absolute Gasteiger partial charge is 0.378 e. The minimum Gasteiger partial charge on any atom is -0.378 e. The van der Waals surface area contributed by atoms with Gasteiger partial charge in [0.1, 0.15) is 0 Å². The Labute approximate surface area is 149 Å². The fourth-order valence-electron chi connectivity index (χ4n) is 2.47. The second-order valence-electron chi connectivity index (χ2n) is 6.03. The summed E-state index contributed by atoms with van der Waals surface area (Å²) in [6, 6.07) is 24.6. The second kappa shape index (κ2) is 8.15. The maximum absolute atomic E-state index is 5.92. The maximum atomic E-state index is 5.92. The van der Waals surface area contributed by atoms with Crippen LogP contribution in [0.1, 0.15) is 16.8 Å².